The van der Waals surface area contributed by atoms with Gasteiger partial charge >= 0.3 is 0 Å². The Morgan fingerprint density at radius 3 is 2.82 bits per heavy atom. The Morgan fingerprint density at radius 2 is 2.00 bits per heavy atom. The Balaban J connectivity index is 1.13. The van der Waals surface area contributed by atoms with E-state index in [0.717, 1.165) is 61.3 Å². The number of amides is 1. The van der Waals surface area contributed by atoms with E-state index in [0.29, 0.717) is 23.7 Å². The number of aromatic nitrogens is 1. The maximum atomic E-state index is 14.4. The van der Waals surface area contributed by atoms with Crippen LogP contribution in [0.15, 0.2) is 36.4 Å². The second-order valence-corrected chi connectivity index (χ2v) is 9.05. The number of nitrogens with zero attached hydrogens (tertiary/aromatic N) is 2. The molecule has 0 radical (unpaired) electrons. The van der Waals surface area contributed by atoms with Gasteiger partial charge in [-0.2, -0.15) is 0 Å². The summed E-state index contributed by atoms with van der Waals surface area (Å²) in [5.74, 6) is 0.306. The minimum absolute atomic E-state index is 0.125. The van der Waals surface area contributed by atoms with Crippen LogP contribution in [0.3, 0.4) is 0 Å². The number of nitrogens with one attached hydrogen (secondary N) is 1. The number of benzene rings is 2. The molecule has 0 atom stereocenters. The van der Waals surface area contributed by atoms with Crippen molar-refractivity contribution in [1.29, 1.82) is 0 Å². The van der Waals surface area contributed by atoms with Crippen molar-refractivity contribution in [2.24, 2.45) is 5.92 Å². The average molecular weight is 468 g/mol. The number of pyridine rings is 1. The van der Waals surface area contributed by atoms with E-state index in [2.05, 4.69) is 15.2 Å². The van der Waals surface area contributed by atoms with Crippen molar-refractivity contribution < 1.29 is 23.0 Å². The number of aryl methyl sites for hydroxylation is 1. The highest BCUT2D eigenvalue weighted by Crippen LogP contribution is 2.34. The number of rotatable bonds is 6. The summed E-state index contributed by atoms with van der Waals surface area (Å²) in [5, 5.41) is 3.50. The highest BCUT2D eigenvalue weighted by atomic mass is 19.1. The van der Waals surface area contributed by atoms with Crippen LogP contribution in [-0.4, -0.2) is 48.6 Å². The molecule has 0 unspecified atom stereocenters. The summed E-state index contributed by atoms with van der Waals surface area (Å²) < 4.78 is 39.2. The van der Waals surface area contributed by atoms with Crippen LogP contribution in [0.2, 0.25) is 0 Å². The van der Waals surface area contributed by atoms with Gasteiger partial charge < -0.3 is 14.8 Å². The normalized spacial score (nSPS) is 16.7. The zero-order valence-electron chi connectivity index (χ0n) is 19.1. The molecule has 1 amide bonds. The SMILES string of the molecule is Cc1cc(OCCN2CCC(Cc3cc(F)c4c(c3)NC(=O)CO4)CC2)c2ccc(F)cc2n1. The Morgan fingerprint density at radius 1 is 1.18 bits per heavy atom. The fourth-order valence-corrected chi connectivity index (χ4v) is 4.78. The van der Waals surface area contributed by atoms with E-state index >= 15 is 0 Å². The van der Waals surface area contributed by atoms with Crippen molar-refractivity contribution >= 4 is 22.5 Å². The predicted molar refractivity (Wildman–Crippen MR) is 125 cm³/mol. The van der Waals surface area contributed by atoms with Gasteiger partial charge in [0.15, 0.2) is 18.2 Å². The summed E-state index contributed by atoms with van der Waals surface area (Å²) in [4.78, 5) is 18.3. The van der Waals surface area contributed by atoms with Crippen LogP contribution >= 0.6 is 0 Å². The molecule has 3 aromatic rings. The van der Waals surface area contributed by atoms with Gasteiger partial charge in [0.25, 0.3) is 5.91 Å². The smallest absolute Gasteiger partial charge is 0.262 e. The number of hydrogen-bond acceptors (Lipinski definition) is 5. The van der Waals surface area contributed by atoms with E-state index < -0.39 is 5.82 Å². The van der Waals surface area contributed by atoms with E-state index in [1.165, 1.54) is 18.2 Å². The molecule has 1 N–H and O–H groups in total. The molecular weight excluding hydrogens is 440 g/mol. The minimum atomic E-state index is -0.427. The van der Waals surface area contributed by atoms with Gasteiger partial charge in [-0.05, 0) is 75.0 Å². The molecule has 0 bridgehead atoms. The predicted octanol–water partition coefficient (Wildman–Crippen LogP) is 4.49. The van der Waals surface area contributed by atoms with E-state index in [4.69, 9.17) is 9.47 Å². The molecule has 178 valence electrons. The Labute approximate surface area is 196 Å². The third-order valence-electron chi connectivity index (χ3n) is 6.48. The van der Waals surface area contributed by atoms with Crippen molar-refractivity contribution in [3.63, 3.8) is 0 Å². The highest BCUT2D eigenvalue weighted by Gasteiger charge is 2.23. The van der Waals surface area contributed by atoms with Crippen LogP contribution < -0.4 is 14.8 Å². The standard InChI is InChI=1S/C26H27F2N3O3/c1-16-10-24(20-3-2-19(27)14-22(20)29-16)33-9-8-31-6-4-17(5-7-31)11-18-12-21(28)26-23(13-18)30-25(32)15-34-26/h2-3,10,12-14,17H,4-9,11,15H2,1H3,(H,30,32). The molecule has 6 nitrogen and oxygen atoms in total. The van der Waals surface area contributed by atoms with Crippen LogP contribution in [0.5, 0.6) is 11.5 Å². The van der Waals surface area contributed by atoms with Gasteiger partial charge in [0.2, 0.25) is 0 Å². The van der Waals surface area contributed by atoms with Crippen molar-refractivity contribution in [3.8, 4) is 11.5 Å². The zero-order valence-corrected chi connectivity index (χ0v) is 19.1. The molecule has 1 fully saturated rings. The number of halogens is 2. The largest absolute Gasteiger partial charge is 0.491 e. The molecule has 2 aromatic carbocycles. The number of likely N-dealkylation sites (tertiary alicyclic amines) is 1. The van der Waals surface area contributed by atoms with Crippen molar-refractivity contribution in [2.45, 2.75) is 26.2 Å². The van der Waals surface area contributed by atoms with E-state index in [1.54, 1.807) is 6.07 Å². The topological polar surface area (TPSA) is 63.7 Å². The van der Waals surface area contributed by atoms with E-state index in [-0.39, 0.29) is 24.1 Å². The van der Waals surface area contributed by atoms with Gasteiger partial charge in [0.1, 0.15) is 18.2 Å². The lowest BCUT2D eigenvalue weighted by Gasteiger charge is -2.32. The molecule has 0 aliphatic carbocycles. The van der Waals surface area contributed by atoms with E-state index in [9.17, 15) is 13.6 Å². The first-order valence-corrected chi connectivity index (χ1v) is 11.6. The van der Waals surface area contributed by atoms with Crippen LogP contribution in [-0.2, 0) is 11.2 Å². The lowest BCUT2D eigenvalue weighted by molar-refractivity contribution is -0.118. The van der Waals surface area contributed by atoms with Crippen molar-refractivity contribution in [2.75, 3.05) is 38.2 Å². The molecule has 2 aliphatic rings. The third-order valence-corrected chi connectivity index (χ3v) is 6.48. The van der Waals surface area contributed by atoms with Gasteiger partial charge in [0, 0.05) is 29.8 Å². The van der Waals surface area contributed by atoms with Crippen LogP contribution in [0.1, 0.15) is 24.1 Å². The number of fused-ring (bicyclic) bond motifs is 2. The zero-order chi connectivity index (χ0) is 23.7. The average Bonchev–Trinajstić information content (AvgIpc) is 2.79. The summed E-state index contributed by atoms with van der Waals surface area (Å²) >= 11 is 0. The maximum absolute atomic E-state index is 14.4. The molecule has 5 rings (SSSR count). The molecule has 1 saturated heterocycles. The summed E-state index contributed by atoms with van der Waals surface area (Å²) in [6.07, 6.45) is 2.79. The number of piperidine rings is 1. The Kier molecular flexibility index (Phi) is 6.32. The van der Waals surface area contributed by atoms with Crippen molar-refractivity contribution in [3.05, 3.63) is 59.3 Å². The summed E-state index contributed by atoms with van der Waals surface area (Å²) in [5.41, 5.74) is 2.68. The quantitative estimate of drug-likeness (QED) is 0.579. The number of hydrogen-bond donors (Lipinski definition) is 1. The molecule has 8 heteroatoms. The lowest BCUT2D eigenvalue weighted by Crippen LogP contribution is -2.37. The van der Waals surface area contributed by atoms with Gasteiger partial charge in [-0.15, -0.1) is 0 Å². The molecule has 34 heavy (non-hydrogen) atoms. The Bertz CT molecular complexity index is 1220. The van der Waals surface area contributed by atoms with Crippen molar-refractivity contribution in [1.82, 2.24) is 9.88 Å². The van der Waals surface area contributed by atoms with Crippen LogP contribution in [0, 0.1) is 24.5 Å². The Hall–Kier alpha value is -3.26. The first-order valence-electron chi connectivity index (χ1n) is 11.6. The monoisotopic (exact) mass is 467 g/mol. The minimum Gasteiger partial charge on any atom is -0.491 e. The number of anilines is 1. The first kappa shape index (κ1) is 22.5. The lowest BCUT2D eigenvalue weighted by atomic mass is 9.90. The molecule has 0 saturated carbocycles. The van der Waals surface area contributed by atoms with Gasteiger partial charge in [0.05, 0.1) is 11.2 Å². The second-order valence-electron chi connectivity index (χ2n) is 9.05. The molecule has 3 heterocycles. The fourth-order valence-electron chi connectivity index (χ4n) is 4.78. The number of carbonyl (C=O) groups excluding carboxylic acids is 1. The van der Waals surface area contributed by atoms with E-state index in [1.807, 2.05) is 19.1 Å². The highest BCUT2D eigenvalue weighted by molar-refractivity contribution is 5.95. The fraction of sp³-hybridized carbons (Fsp3) is 0.385. The van der Waals surface area contributed by atoms with Crippen LogP contribution in [0.4, 0.5) is 14.5 Å². The van der Waals surface area contributed by atoms with Gasteiger partial charge in [-0.3, -0.25) is 14.7 Å². The molecule has 0 spiro atoms. The summed E-state index contributed by atoms with van der Waals surface area (Å²) in [7, 11) is 0. The van der Waals surface area contributed by atoms with Gasteiger partial charge in [-0.1, -0.05) is 0 Å². The van der Waals surface area contributed by atoms with Crippen LogP contribution in [0.25, 0.3) is 10.9 Å². The second kappa shape index (κ2) is 9.54. The maximum Gasteiger partial charge on any atom is 0.262 e. The molecular formula is C26H27F2N3O3. The first-order chi connectivity index (χ1) is 16.4. The molecule has 1 aromatic heterocycles. The third kappa shape index (κ3) is 4.97. The number of ether oxygens (including phenoxy) is 2. The summed E-state index contributed by atoms with van der Waals surface area (Å²) in [6.45, 7) is 4.95. The van der Waals surface area contributed by atoms with Gasteiger partial charge in [-0.25, -0.2) is 8.78 Å². The summed E-state index contributed by atoms with van der Waals surface area (Å²) in [6, 6.07) is 9.78. The molecule has 2 aliphatic heterocycles. The number of carbonyl (C=O) groups is 1.